The number of halogens is 1. The van der Waals surface area contributed by atoms with E-state index in [1.807, 2.05) is 0 Å². The number of carbonyl (C=O) groups excluding carboxylic acids is 2. The molecule has 0 bridgehead atoms. The van der Waals surface area contributed by atoms with Crippen LogP contribution in [0.2, 0.25) is 0 Å². The maximum atomic E-state index is 13.5. The van der Waals surface area contributed by atoms with Crippen LogP contribution in [0.4, 0.5) is 10.1 Å². The van der Waals surface area contributed by atoms with Gasteiger partial charge in [-0.3, -0.25) is 9.59 Å². The van der Waals surface area contributed by atoms with Gasteiger partial charge in [-0.25, -0.2) is 4.39 Å². The molecule has 136 valence electrons. The Bertz CT molecular complexity index is 819. The number of rotatable bonds is 4. The van der Waals surface area contributed by atoms with Gasteiger partial charge >= 0.3 is 0 Å². The van der Waals surface area contributed by atoms with Crippen LogP contribution in [0.3, 0.4) is 0 Å². The van der Waals surface area contributed by atoms with Crippen molar-refractivity contribution in [2.75, 3.05) is 38.7 Å². The van der Waals surface area contributed by atoms with Crippen molar-refractivity contribution >= 4 is 17.5 Å². The Morgan fingerprint density at radius 2 is 1.85 bits per heavy atom. The number of benzene rings is 2. The second-order valence-electron chi connectivity index (χ2n) is 5.75. The van der Waals surface area contributed by atoms with E-state index in [2.05, 4.69) is 5.32 Å². The molecule has 0 saturated carbocycles. The first kappa shape index (κ1) is 17.9. The molecule has 0 atom stereocenters. The molecule has 1 fully saturated rings. The van der Waals surface area contributed by atoms with Gasteiger partial charge in [-0.1, -0.05) is 12.1 Å². The Kier molecular flexibility index (Phi) is 5.48. The molecule has 26 heavy (non-hydrogen) atoms. The largest absolute Gasteiger partial charge is 0.496 e. The topological polar surface area (TPSA) is 67.9 Å². The van der Waals surface area contributed by atoms with Gasteiger partial charge in [0.15, 0.2) is 0 Å². The first-order chi connectivity index (χ1) is 12.6. The molecular formula is C19H19FN2O4. The number of methoxy groups -OCH3 is 1. The number of nitrogens with one attached hydrogen (secondary N) is 1. The van der Waals surface area contributed by atoms with Gasteiger partial charge in [0.2, 0.25) is 0 Å². The van der Waals surface area contributed by atoms with Crippen LogP contribution in [0.1, 0.15) is 20.7 Å². The quantitative estimate of drug-likeness (QED) is 0.912. The summed E-state index contributed by atoms with van der Waals surface area (Å²) in [5.74, 6) is -1.03. The number of hydrogen-bond donors (Lipinski definition) is 1. The predicted octanol–water partition coefficient (Wildman–Crippen LogP) is 2.56. The molecular weight excluding hydrogens is 339 g/mol. The SMILES string of the molecule is COc1ccc(F)cc1C(=O)Nc1ccccc1C(=O)N1CCOCC1. The molecule has 0 aromatic heterocycles. The Hall–Kier alpha value is -2.93. The average Bonchev–Trinajstić information content (AvgIpc) is 2.68. The third kappa shape index (κ3) is 3.83. The summed E-state index contributed by atoms with van der Waals surface area (Å²) in [6.07, 6.45) is 0. The lowest BCUT2D eigenvalue weighted by Crippen LogP contribution is -2.41. The summed E-state index contributed by atoms with van der Waals surface area (Å²) >= 11 is 0. The standard InChI is InChI=1S/C19H19FN2O4/c1-25-17-7-6-13(20)12-15(17)18(23)21-16-5-3-2-4-14(16)19(24)22-8-10-26-11-9-22/h2-7,12H,8-11H2,1H3,(H,21,23). The van der Waals surface area contributed by atoms with E-state index in [-0.39, 0.29) is 17.2 Å². The summed E-state index contributed by atoms with van der Waals surface area (Å²) in [5, 5.41) is 2.68. The molecule has 0 unspecified atom stereocenters. The zero-order valence-corrected chi connectivity index (χ0v) is 14.3. The summed E-state index contributed by atoms with van der Waals surface area (Å²) in [6.45, 7) is 1.97. The van der Waals surface area contributed by atoms with Crippen molar-refractivity contribution in [1.29, 1.82) is 0 Å². The monoisotopic (exact) mass is 358 g/mol. The summed E-state index contributed by atoms with van der Waals surface area (Å²) in [6, 6.07) is 10.4. The van der Waals surface area contributed by atoms with E-state index < -0.39 is 11.7 Å². The highest BCUT2D eigenvalue weighted by atomic mass is 19.1. The van der Waals surface area contributed by atoms with E-state index in [0.717, 1.165) is 6.07 Å². The minimum absolute atomic E-state index is 0.0566. The number of amides is 2. The van der Waals surface area contributed by atoms with E-state index >= 15 is 0 Å². The normalized spacial score (nSPS) is 14.0. The van der Waals surface area contributed by atoms with E-state index in [1.54, 1.807) is 29.2 Å². The lowest BCUT2D eigenvalue weighted by molar-refractivity contribution is 0.0303. The van der Waals surface area contributed by atoms with Crippen molar-refractivity contribution in [2.24, 2.45) is 0 Å². The zero-order chi connectivity index (χ0) is 18.5. The van der Waals surface area contributed by atoms with Crippen molar-refractivity contribution < 1.29 is 23.5 Å². The molecule has 1 heterocycles. The van der Waals surface area contributed by atoms with Crippen LogP contribution in [0.5, 0.6) is 5.75 Å². The third-order valence-electron chi connectivity index (χ3n) is 4.11. The van der Waals surface area contributed by atoms with Gasteiger partial charge in [-0.05, 0) is 30.3 Å². The fourth-order valence-corrected chi connectivity index (χ4v) is 2.76. The van der Waals surface area contributed by atoms with Gasteiger partial charge in [-0.15, -0.1) is 0 Å². The van der Waals surface area contributed by atoms with E-state index in [0.29, 0.717) is 37.6 Å². The number of morpholine rings is 1. The number of para-hydroxylation sites is 1. The van der Waals surface area contributed by atoms with Crippen molar-refractivity contribution in [3.8, 4) is 5.75 Å². The fraction of sp³-hybridized carbons (Fsp3) is 0.263. The van der Waals surface area contributed by atoms with Crippen molar-refractivity contribution in [3.05, 3.63) is 59.4 Å². The van der Waals surface area contributed by atoms with Crippen LogP contribution in [-0.2, 0) is 4.74 Å². The summed E-state index contributed by atoms with van der Waals surface area (Å²) < 4.78 is 23.9. The van der Waals surface area contributed by atoms with Gasteiger partial charge < -0.3 is 19.7 Å². The van der Waals surface area contributed by atoms with Crippen molar-refractivity contribution in [2.45, 2.75) is 0 Å². The first-order valence-electron chi connectivity index (χ1n) is 8.21. The Labute approximate surface area is 150 Å². The maximum absolute atomic E-state index is 13.5. The molecule has 3 rings (SSSR count). The molecule has 2 aromatic carbocycles. The second kappa shape index (κ2) is 7.97. The van der Waals surface area contributed by atoms with Crippen LogP contribution in [0, 0.1) is 5.82 Å². The highest BCUT2D eigenvalue weighted by Crippen LogP contribution is 2.23. The fourth-order valence-electron chi connectivity index (χ4n) is 2.76. The van der Waals surface area contributed by atoms with Gasteiger partial charge in [0.25, 0.3) is 11.8 Å². The number of anilines is 1. The summed E-state index contributed by atoms with van der Waals surface area (Å²) in [4.78, 5) is 27.0. The zero-order valence-electron chi connectivity index (χ0n) is 14.3. The molecule has 1 saturated heterocycles. The van der Waals surface area contributed by atoms with Crippen molar-refractivity contribution in [3.63, 3.8) is 0 Å². The Morgan fingerprint density at radius 3 is 2.58 bits per heavy atom. The van der Waals surface area contributed by atoms with Gasteiger partial charge in [0.1, 0.15) is 11.6 Å². The number of hydrogen-bond acceptors (Lipinski definition) is 4. The molecule has 0 aliphatic carbocycles. The molecule has 6 nitrogen and oxygen atoms in total. The predicted molar refractivity (Wildman–Crippen MR) is 94.1 cm³/mol. The highest BCUT2D eigenvalue weighted by molar-refractivity contribution is 6.10. The molecule has 1 aliphatic heterocycles. The van der Waals surface area contributed by atoms with E-state index in [1.165, 1.54) is 19.2 Å². The molecule has 0 radical (unpaired) electrons. The van der Waals surface area contributed by atoms with Crippen LogP contribution in [0.15, 0.2) is 42.5 Å². The minimum atomic E-state index is -0.552. The molecule has 2 amide bonds. The average molecular weight is 358 g/mol. The highest BCUT2D eigenvalue weighted by Gasteiger charge is 2.22. The Balaban J connectivity index is 1.85. The second-order valence-corrected chi connectivity index (χ2v) is 5.75. The third-order valence-corrected chi connectivity index (χ3v) is 4.11. The minimum Gasteiger partial charge on any atom is -0.496 e. The Morgan fingerprint density at radius 1 is 1.12 bits per heavy atom. The molecule has 7 heteroatoms. The molecule has 1 N–H and O–H groups in total. The van der Waals surface area contributed by atoms with Crippen LogP contribution >= 0.6 is 0 Å². The lowest BCUT2D eigenvalue weighted by Gasteiger charge is -2.27. The number of carbonyl (C=O) groups is 2. The van der Waals surface area contributed by atoms with Crippen LogP contribution in [-0.4, -0.2) is 50.1 Å². The van der Waals surface area contributed by atoms with E-state index in [4.69, 9.17) is 9.47 Å². The smallest absolute Gasteiger partial charge is 0.259 e. The van der Waals surface area contributed by atoms with Crippen molar-refractivity contribution in [1.82, 2.24) is 4.90 Å². The first-order valence-corrected chi connectivity index (χ1v) is 8.21. The molecule has 2 aromatic rings. The molecule has 1 aliphatic rings. The summed E-state index contributed by atoms with van der Waals surface area (Å²) in [7, 11) is 1.40. The van der Waals surface area contributed by atoms with Gasteiger partial charge in [0.05, 0.1) is 37.1 Å². The van der Waals surface area contributed by atoms with Crippen LogP contribution in [0.25, 0.3) is 0 Å². The number of ether oxygens (including phenoxy) is 2. The summed E-state index contributed by atoms with van der Waals surface area (Å²) in [5.41, 5.74) is 0.791. The van der Waals surface area contributed by atoms with Gasteiger partial charge in [-0.2, -0.15) is 0 Å². The number of nitrogens with zero attached hydrogens (tertiary/aromatic N) is 1. The van der Waals surface area contributed by atoms with Gasteiger partial charge in [0, 0.05) is 13.1 Å². The van der Waals surface area contributed by atoms with Crippen LogP contribution < -0.4 is 10.1 Å². The molecule has 0 spiro atoms. The lowest BCUT2D eigenvalue weighted by atomic mass is 10.1. The maximum Gasteiger partial charge on any atom is 0.259 e. The van der Waals surface area contributed by atoms with E-state index in [9.17, 15) is 14.0 Å².